The zero-order valence-corrected chi connectivity index (χ0v) is 27.0. The molecule has 0 bridgehead atoms. The molecule has 0 radical (unpaired) electrons. The van der Waals surface area contributed by atoms with Gasteiger partial charge in [0.15, 0.2) is 5.82 Å². The fourth-order valence-electron chi connectivity index (χ4n) is 6.17. The molecule has 1 saturated heterocycles. The molecule has 1 unspecified atom stereocenters. The fourth-order valence-corrected chi connectivity index (χ4v) is 7.46. The van der Waals surface area contributed by atoms with Gasteiger partial charge in [-0.05, 0) is 48.9 Å². The molecule has 12 nitrogen and oxygen atoms in total. The molecule has 14 heteroatoms. The molecule has 1 aromatic carbocycles. The van der Waals surface area contributed by atoms with Gasteiger partial charge in [0.05, 0.1) is 25.0 Å². The van der Waals surface area contributed by atoms with Crippen molar-refractivity contribution in [2.75, 3.05) is 26.7 Å². The molecule has 6 rings (SSSR count). The molecule has 2 N–H and O–H groups in total. The summed E-state index contributed by atoms with van der Waals surface area (Å²) in [5.41, 5.74) is 1.72. The van der Waals surface area contributed by atoms with E-state index in [1.165, 1.54) is 38.8 Å². The quantitative estimate of drug-likeness (QED) is 0.155. The number of likely N-dealkylation sites (N-methyl/N-ethyl adjacent to an activating group) is 1. The minimum Gasteiger partial charge on any atom is -0.476 e. The van der Waals surface area contributed by atoms with E-state index >= 15 is 4.39 Å². The molecule has 2 aliphatic rings. The number of aliphatic hydroxyl groups excluding tert-OH is 1. The van der Waals surface area contributed by atoms with E-state index in [0.717, 1.165) is 35.8 Å². The summed E-state index contributed by atoms with van der Waals surface area (Å²) in [4.78, 5) is 50.1. The largest absolute Gasteiger partial charge is 0.476 e. The van der Waals surface area contributed by atoms with E-state index in [4.69, 9.17) is 10.00 Å². The van der Waals surface area contributed by atoms with Gasteiger partial charge in [0.1, 0.15) is 34.5 Å². The van der Waals surface area contributed by atoms with Crippen LogP contribution in [0, 0.1) is 17.1 Å². The van der Waals surface area contributed by atoms with Crippen LogP contribution in [-0.4, -0.2) is 69.0 Å². The molecule has 48 heavy (non-hydrogen) atoms. The number of nitrogens with zero attached hydrogens (tertiary/aromatic N) is 6. The molecule has 4 heterocycles. The molecule has 2 amide bonds. The van der Waals surface area contributed by atoms with Gasteiger partial charge in [0.2, 0.25) is 5.88 Å². The van der Waals surface area contributed by atoms with Gasteiger partial charge in [-0.2, -0.15) is 20.0 Å². The highest BCUT2D eigenvalue weighted by Gasteiger charge is 2.33. The van der Waals surface area contributed by atoms with Crippen LogP contribution in [-0.2, 0) is 29.0 Å². The Hall–Kier alpha value is -5.26. The van der Waals surface area contributed by atoms with E-state index in [1.807, 2.05) is 0 Å². The van der Waals surface area contributed by atoms with Crippen molar-refractivity contribution in [2.45, 2.75) is 44.6 Å². The summed E-state index contributed by atoms with van der Waals surface area (Å²) in [5.74, 6) is -1.57. The average molecular weight is 670 g/mol. The predicted octanol–water partition coefficient (Wildman–Crippen LogP) is 3.65. The number of likely N-dealkylation sites (tertiary alicyclic amines) is 1. The van der Waals surface area contributed by atoms with Crippen LogP contribution < -0.4 is 15.6 Å². The first-order chi connectivity index (χ1) is 23.2. The Balaban J connectivity index is 1.27. The highest BCUT2D eigenvalue weighted by atomic mass is 32.1. The van der Waals surface area contributed by atoms with Gasteiger partial charge in [0.25, 0.3) is 17.4 Å². The van der Waals surface area contributed by atoms with Crippen LogP contribution in [0.1, 0.15) is 46.7 Å². The first kappa shape index (κ1) is 32.7. The Bertz CT molecular complexity index is 2080. The lowest BCUT2D eigenvalue weighted by molar-refractivity contribution is -0.124. The van der Waals surface area contributed by atoms with Crippen LogP contribution in [0.5, 0.6) is 5.88 Å². The summed E-state index contributed by atoms with van der Waals surface area (Å²) in [6.45, 7) is 3.27. The molecule has 1 atom stereocenters. The lowest BCUT2D eigenvalue weighted by Crippen LogP contribution is -2.42. The highest BCUT2D eigenvalue weighted by molar-refractivity contribution is 7.19. The highest BCUT2D eigenvalue weighted by Crippen LogP contribution is 2.36. The van der Waals surface area contributed by atoms with Crippen molar-refractivity contribution in [3.63, 3.8) is 0 Å². The van der Waals surface area contributed by atoms with Gasteiger partial charge >= 0.3 is 0 Å². The number of ether oxygens (including phenoxy) is 1. The molecule has 3 aromatic heterocycles. The first-order valence-corrected chi connectivity index (χ1v) is 16.3. The van der Waals surface area contributed by atoms with Crippen molar-refractivity contribution in [2.24, 2.45) is 4.99 Å². The van der Waals surface area contributed by atoms with E-state index in [-0.39, 0.29) is 66.3 Å². The summed E-state index contributed by atoms with van der Waals surface area (Å²) < 4.78 is 22.6. The Morgan fingerprint density at radius 3 is 2.90 bits per heavy atom. The number of amides is 2. The Morgan fingerprint density at radius 2 is 2.10 bits per heavy atom. The Morgan fingerprint density at radius 1 is 1.29 bits per heavy atom. The van der Waals surface area contributed by atoms with Crippen LogP contribution in [0.2, 0.25) is 0 Å². The summed E-state index contributed by atoms with van der Waals surface area (Å²) in [6.07, 6.45) is 5.74. The topological polar surface area (TPSA) is 163 Å². The van der Waals surface area contributed by atoms with Gasteiger partial charge in [-0.25, -0.2) is 9.38 Å². The van der Waals surface area contributed by atoms with Gasteiger partial charge in [-0.3, -0.25) is 14.4 Å². The fraction of sp³-hybridized carbons (Fsp3) is 0.324. The third-order valence-electron chi connectivity index (χ3n) is 8.49. The number of carbonyl (C=O) groups excluding carboxylic acids is 2. The number of thiophene rings is 1. The number of piperidine rings is 1. The molecule has 1 aliphatic carbocycles. The number of benzene rings is 1. The average Bonchev–Trinajstić information content (AvgIpc) is 3.48. The van der Waals surface area contributed by atoms with E-state index in [0.29, 0.717) is 15.8 Å². The standard InChI is InChI=1S/C34H32FN7O5S/c1-19(15-36)32(44)37-10-11-47-30-9-5-8-29(40-30)39-26-12-20(17-41(2)33(26)45)23-13-21(35)14-27(25(23)18-43)42-34(46)31-24(16-38-42)22-6-3-4-7-28(22)48-31/h5,8-9,13-14,16,20,43H,1,3-4,6-7,10-12,17-18H2,2H3,(H,37,44). The SMILES string of the molecule is C=C(C#N)C(=O)NCCOc1cccc(N=C2CC(c3cc(F)cc(-n4ncc5c6c(sc5c4=O)CCCC6)c3CO)CN(C)C2=O)n1. The second-order valence-electron chi connectivity index (χ2n) is 11.6. The number of nitriles is 1. The molecular formula is C34H32FN7O5S. The van der Waals surface area contributed by atoms with Crippen LogP contribution in [0.25, 0.3) is 15.8 Å². The van der Waals surface area contributed by atoms with Gasteiger partial charge in [0, 0.05) is 53.9 Å². The Kier molecular flexibility index (Phi) is 9.42. The minimum absolute atomic E-state index is 0.0622. The number of nitrogens with one attached hydrogen (secondary N) is 1. The van der Waals surface area contributed by atoms with Crippen molar-refractivity contribution in [3.05, 3.63) is 86.4 Å². The summed E-state index contributed by atoms with van der Waals surface area (Å²) in [5, 5.41) is 27.1. The van der Waals surface area contributed by atoms with E-state index in [9.17, 15) is 19.5 Å². The molecule has 246 valence electrons. The Labute approximate surface area is 278 Å². The molecule has 4 aromatic rings. The monoisotopic (exact) mass is 669 g/mol. The normalized spacial score (nSPS) is 16.9. The van der Waals surface area contributed by atoms with E-state index in [2.05, 4.69) is 27.0 Å². The third kappa shape index (κ3) is 6.47. The maximum absolute atomic E-state index is 15.3. The van der Waals surface area contributed by atoms with Gasteiger partial charge in [-0.15, -0.1) is 11.3 Å². The molecule has 0 saturated carbocycles. The lowest BCUT2D eigenvalue weighted by atomic mass is 9.86. The molecule has 0 spiro atoms. The van der Waals surface area contributed by atoms with Gasteiger partial charge in [-0.1, -0.05) is 12.6 Å². The molecule has 1 fully saturated rings. The van der Waals surface area contributed by atoms with Crippen LogP contribution >= 0.6 is 11.3 Å². The maximum Gasteiger partial charge on any atom is 0.289 e. The number of aliphatic imine (C=N–C) groups is 1. The summed E-state index contributed by atoms with van der Waals surface area (Å²) in [6, 6.07) is 9.05. The number of aromatic nitrogens is 3. The first-order valence-electron chi connectivity index (χ1n) is 15.4. The predicted molar refractivity (Wildman–Crippen MR) is 177 cm³/mol. The number of hydrogen-bond donors (Lipinski definition) is 2. The second kappa shape index (κ2) is 13.8. The lowest BCUT2D eigenvalue weighted by Gasteiger charge is -2.32. The molecular weight excluding hydrogens is 637 g/mol. The number of rotatable bonds is 9. The zero-order chi connectivity index (χ0) is 33.9. The number of aryl methyl sites for hydroxylation is 2. The number of halogens is 1. The third-order valence-corrected chi connectivity index (χ3v) is 9.78. The minimum atomic E-state index is -0.603. The number of aliphatic hydroxyl groups is 1. The van der Waals surface area contributed by atoms with Crippen molar-refractivity contribution in [1.82, 2.24) is 25.0 Å². The van der Waals surface area contributed by atoms with Crippen molar-refractivity contribution >= 4 is 44.8 Å². The molecule has 1 aliphatic heterocycles. The van der Waals surface area contributed by atoms with Crippen molar-refractivity contribution < 1.29 is 23.8 Å². The van der Waals surface area contributed by atoms with E-state index in [1.54, 1.807) is 37.5 Å². The van der Waals surface area contributed by atoms with Crippen molar-refractivity contribution in [1.29, 1.82) is 5.26 Å². The number of carbonyl (C=O) groups is 2. The van der Waals surface area contributed by atoms with Gasteiger partial charge < -0.3 is 20.1 Å². The van der Waals surface area contributed by atoms with E-state index < -0.39 is 24.2 Å². The van der Waals surface area contributed by atoms with Crippen LogP contribution in [0.3, 0.4) is 0 Å². The smallest absolute Gasteiger partial charge is 0.289 e. The number of pyridine rings is 1. The number of hydrogen-bond acceptors (Lipinski definition) is 10. The van der Waals surface area contributed by atoms with Crippen molar-refractivity contribution in [3.8, 4) is 17.6 Å². The van der Waals surface area contributed by atoms with Crippen LogP contribution in [0.15, 0.2) is 58.5 Å². The van der Waals surface area contributed by atoms with Crippen LogP contribution in [0.4, 0.5) is 10.2 Å². The summed E-state index contributed by atoms with van der Waals surface area (Å²) >= 11 is 1.46. The maximum atomic E-state index is 15.3. The summed E-state index contributed by atoms with van der Waals surface area (Å²) in [7, 11) is 1.61. The second-order valence-corrected chi connectivity index (χ2v) is 12.7. The zero-order valence-electron chi connectivity index (χ0n) is 26.2. The number of fused-ring (bicyclic) bond motifs is 3.